The number of hydrogen-bond acceptors (Lipinski definition) is 3. The van der Waals surface area contributed by atoms with Gasteiger partial charge in [-0.3, -0.25) is 4.79 Å². The van der Waals surface area contributed by atoms with Crippen LogP contribution in [0, 0.1) is 6.92 Å². The molecule has 1 aromatic carbocycles. The SMILES string of the molecule is CNCCN(C)C(=O)C(C)Oc1ccc(C)cc1Br. The van der Waals surface area contributed by atoms with E-state index in [-0.39, 0.29) is 5.91 Å². The number of ether oxygens (including phenoxy) is 1. The van der Waals surface area contributed by atoms with Gasteiger partial charge in [0.2, 0.25) is 0 Å². The number of benzene rings is 1. The summed E-state index contributed by atoms with van der Waals surface area (Å²) in [4.78, 5) is 13.8. The molecule has 1 atom stereocenters. The van der Waals surface area contributed by atoms with Crippen molar-refractivity contribution in [1.29, 1.82) is 0 Å². The van der Waals surface area contributed by atoms with E-state index in [4.69, 9.17) is 4.74 Å². The number of aryl methyl sites for hydroxylation is 1. The molecule has 0 radical (unpaired) electrons. The zero-order chi connectivity index (χ0) is 14.4. The van der Waals surface area contributed by atoms with Crippen LogP contribution in [0.4, 0.5) is 0 Å². The van der Waals surface area contributed by atoms with Gasteiger partial charge in [0.1, 0.15) is 5.75 Å². The van der Waals surface area contributed by atoms with Crippen molar-refractivity contribution in [2.45, 2.75) is 20.0 Å². The molecular weight excluding hydrogens is 308 g/mol. The smallest absolute Gasteiger partial charge is 0.263 e. The summed E-state index contributed by atoms with van der Waals surface area (Å²) in [7, 11) is 3.64. The number of nitrogens with zero attached hydrogens (tertiary/aromatic N) is 1. The molecule has 4 nitrogen and oxygen atoms in total. The summed E-state index contributed by atoms with van der Waals surface area (Å²) >= 11 is 3.44. The third kappa shape index (κ3) is 4.84. The molecule has 1 amide bonds. The number of likely N-dealkylation sites (N-methyl/N-ethyl adjacent to an activating group) is 2. The Kier molecular flexibility index (Phi) is 6.31. The second-order valence-electron chi connectivity index (χ2n) is 4.56. The van der Waals surface area contributed by atoms with Gasteiger partial charge in [-0.25, -0.2) is 0 Å². The van der Waals surface area contributed by atoms with Crippen LogP contribution in [0.25, 0.3) is 0 Å². The van der Waals surface area contributed by atoms with Gasteiger partial charge in [0.05, 0.1) is 4.47 Å². The lowest BCUT2D eigenvalue weighted by molar-refractivity contribution is -0.136. The lowest BCUT2D eigenvalue weighted by Gasteiger charge is -2.22. The van der Waals surface area contributed by atoms with Crippen LogP contribution >= 0.6 is 15.9 Å². The molecule has 0 spiro atoms. The molecule has 1 rings (SSSR count). The van der Waals surface area contributed by atoms with E-state index in [1.54, 1.807) is 18.9 Å². The van der Waals surface area contributed by atoms with Gasteiger partial charge in [-0.2, -0.15) is 0 Å². The van der Waals surface area contributed by atoms with Crippen molar-refractivity contribution in [2.75, 3.05) is 27.2 Å². The lowest BCUT2D eigenvalue weighted by atomic mass is 10.2. The van der Waals surface area contributed by atoms with Crippen LogP contribution < -0.4 is 10.1 Å². The fourth-order valence-corrected chi connectivity index (χ4v) is 2.23. The van der Waals surface area contributed by atoms with Crippen molar-refractivity contribution in [3.05, 3.63) is 28.2 Å². The Balaban J connectivity index is 2.63. The molecule has 19 heavy (non-hydrogen) atoms. The minimum Gasteiger partial charge on any atom is -0.480 e. The van der Waals surface area contributed by atoms with Crippen LogP contribution in [0.5, 0.6) is 5.75 Å². The van der Waals surface area contributed by atoms with E-state index in [0.29, 0.717) is 12.3 Å². The van der Waals surface area contributed by atoms with Gasteiger partial charge in [-0.15, -0.1) is 0 Å². The zero-order valence-electron chi connectivity index (χ0n) is 11.9. The fourth-order valence-electron chi connectivity index (χ4n) is 1.64. The predicted octanol–water partition coefficient (Wildman–Crippen LogP) is 2.20. The van der Waals surface area contributed by atoms with Gasteiger partial charge < -0.3 is 15.0 Å². The highest BCUT2D eigenvalue weighted by molar-refractivity contribution is 9.10. The summed E-state index contributed by atoms with van der Waals surface area (Å²) in [6, 6.07) is 5.80. The molecule has 0 bridgehead atoms. The second kappa shape index (κ2) is 7.50. The molecule has 0 heterocycles. The number of hydrogen-bond donors (Lipinski definition) is 1. The summed E-state index contributed by atoms with van der Waals surface area (Å²) < 4.78 is 6.57. The van der Waals surface area contributed by atoms with Crippen LogP contribution in [-0.4, -0.2) is 44.1 Å². The molecule has 106 valence electrons. The highest BCUT2D eigenvalue weighted by Crippen LogP contribution is 2.26. The van der Waals surface area contributed by atoms with Gasteiger partial charge in [-0.1, -0.05) is 6.07 Å². The van der Waals surface area contributed by atoms with E-state index in [9.17, 15) is 4.79 Å². The maximum absolute atomic E-state index is 12.1. The number of carbonyl (C=O) groups excluding carboxylic acids is 1. The Morgan fingerprint density at radius 2 is 2.21 bits per heavy atom. The van der Waals surface area contributed by atoms with E-state index in [0.717, 1.165) is 16.6 Å². The summed E-state index contributed by atoms with van der Waals surface area (Å²) in [5.74, 6) is 0.663. The van der Waals surface area contributed by atoms with Crippen LogP contribution in [-0.2, 0) is 4.79 Å². The van der Waals surface area contributed by atoms with Crippen LogP contribution in [0.3, 0.4) is 0 Å². The quantitative estimate of drug-likeness (QED) is 0.870. The molecule has 5 heteroatoms. The standard InChI is InChI=1S/C14H21BrN2O2/c1-10-5-6-13(12(15)9-10)19-11(2)14(18)17(4)8-7-16-3/h5-6,9,11,16H,7-8H2,1-4H3. The van der Waals surface area contributed by atoms with E-state index in [2.05, 4.69) is 21.2 Å². The molecule has 0 saturated heterocycles. The molecule has 0 aliphatic heterocycles. The molecule has 1 aromatic rings. The number of halogens is 1. The first kappa shape index (κ1) is 16.0. The Hall–Kier alpha value is -1.07. The average Bonchev–Trinajstić information content (AvgIpc) is 2.38. The molecular formula is C14H21BrN2O2. The molecule has 1 N–H and O–H groups in total. The molecule has 0 aliphatic rings. The largest absolute Gasteiger partial charge is 0.480 e. The van der Waals surface area contributed by atoms with Gasteiger partial charge >= 0.3 is 0 Å². The number of rotatable bonds is 6. The molecule has 0 aliphatic carbocycles. The highest BCUT2D eigenvalue weighted by atomic mass is 79.9. The monoisotopic (exact) mass is 328 g/mol. The maximum Gasteiger partial charge on any atom is 0.263 e. The molecule has 0 saturated carbocycles. The zero-order valence-corrected chi connectivity index (χ0v) is 13.5. The van der Waals surface area contributed by atoms with E-state index in [1.165, 1.54) is 0 Å². The van der Waals surface area contributed by atoms with E-state index < -0.39 is 6.10 Å². The first-order chi connectivity index (χ1) is 8.95. The van der Waals surface area contributed by atoms with Crippen molar-refractivity contribution >= 4 is 21.8 Å². The van der Waals surface area contributed by atoms with Gasteiger partial charge in [-0.05, 0) is 54.5 Å². The Labute approximate surface area is 123 Å². The second-order valence-corrected chi connectivity index (χ2v) is 5.41. The first-order valence-corrected chi connectivity index (χ1v) is 7.07. The van der Waals surface area contributed by atoms with E-state index in [1.807, 2.05) is 32.2 Å². The van der Waals surface area contributed by atoms with Crippen molar-refractivity contribution in [3.63, 3.8) is 0 Å². The minimum absolute atomic E-state index is 0.0253. The first-order valence-electron chi connectivity index (χ1n) is 6.28. The van der Waals surface area contributed by atoms with Crippen LogP contribution in [0.15, 0.2) is 22.7 Å². The van der Waals surface area contributed by atoms with Gasteiger partial charge in [0.25, 0.3) is 5.91 Å². The third-order valence-electron chi connectivity index (χ3n) is 2.81. The average molecular weight is 329 g/mol. The minimum atomic E-state index is -0.499. The Morgan fingerprint density at radius 3 is 2.79 bits per heavy atom. The molecule has 1 unspecified atom stereocenters. The number of carbonyl (C=O) groups is 1. The van der Waals surface area contributed by atoms with Crippen molar-refractivity contribution in [1.82, 2.24) is 10.2 Å². The topological polar surface area (TPSA) is 41.6 Å². The summed E-state index contributed by atoms with van der Waals surface area (Å²) in [6.45, 7) is 5.21. The lowest BCUT2D eigenvalue weighted by Crippen LogP contribution is -2.40. The number of nitrogens with one attached hydrogen (secondary N) is 1. The summed E-state index contributed by atoms with van der Waals surface area (Å²) in [5.41, 5.74) is 1.14. The Morgan fingerprint density at radius 1 is 1.53 bits per heavy atom. The van der Waals surface area contributed by atoms with Crippen LogP contribution in [0.2, 0.25) is 0 Å². The predicted molar refractivity (Wildman–Crippen MR) is 80.5 cm³/mol. The molecule has 0 fully saturated rings. The normalized spacial score (nSPS) is 12.1. The van der Waals surface area contributed by atoms with Crippen LogP contribution in [0.1, 0.15) is 12.5 Å². The third-order valence-corrected chi connectivity index (χ3v) is 3.43. The molecule has 0 aromatic heterocycles. The maximum atomic E-state index is 12.1. The highest BCUT2D eigenvalue weighted by Gasteiger charge is 2.19. The van der Waals surface area contributed by atoms with Gasteiger partial charge in [0.15, 0.2) is 6.10 Å². The van der Waals surface area contributed by atoms with E-state index >= 15 is 0 Å². The van der Waals surface area contributed by atoms with Gasteiger partial charge in [0, 0.05) is 20.1 Å². The summed E-state index contributed by atoms with van der Waals surface area (Å²) in [5, 5.41) is 3.02. The van der Waals surface area contributed by atoms with Crippen molar-refractivity contribution in [2.24, 2.45) is 0 Å². The van der Waals surface area contributed by atoms with Crippen molar-refractivity contribution in [3.8, 4) is 5.75 Å². The number of amides is 1. The Bertz CT molecular complexity index is 437. The van der Waals surface area contributed by atoms with Crippen molar-refractivity contribution < 1.29 is 9.53 Å². The fraction of sp³-hybridized carbons (Fsp3) is 0.500. The summed E-state index contributed by atoms with van der Waals surface area (Å²) in [6.07, 6.45) is -0.499.